The van der Waals surface area contributed by atoms with Crippen LogP contribution in [0.25, 0.3) is 6.08 Å². The van der Waals surface area contributed by atoms with Crippen molar-refractivity contribution in [2.45, 2.75) is 13.5 Å². The summed E-state index contributed by atoms with van der Waals surface area (Å²) in [5.41, 5.74) is 4.09. The lowest BCUT2D eigenvalue weighted by Crippen LogP contribution is -2.09. The Morgan fingerprint density at radius 2 is 1.57 bits per heavy atom. The van der Waals surface area contributed by atoms with E-state index in [2.05, 4.69) is 16.9 Å². The molecule has 0 saturated heterocycles. The van der Waals surface area contributed by atoms with E-state index in [1.54, 1.807) is 30.3 Å². The van der Waals surface area contributed by atoms with Gasteiger partial charge in [0.25, 0.3) is 0 Å². The van der Waals surface area contributed by atoms with Crippen molar-refractivity contribution in [3.63, 3.8) is 0 Å². The molecule has 0 heterocycles. The molecule has 0 spiro atoms. The molecule has 0 atom stereocenters. The lowest BCUT2D eigenvalue weighted by Gasteiger charge is -2.07. The quantitative estimate of drug-likeness (QED) is 0.417. The third-order valence-corrected chi connectivity index (χ3v) is 4.91. The molecule has 0 aliphatic rings. The van der Waals surface area contributed by atoms with Crippen LogP contribution in [0.1, 0.15) is 27.0 Å². The van der Waals surface area contributed by atoms with Crippen LogP contribution in [-0.4, -0.2) is 20.5 Å². The Kier molecular flexibility index (Phi) is 6.69. The molecule has 0 aliphatic heterocycles. The first-order valence-electron chi connectivity index (χ1n) is 9.37. The summed E-state index contributed by atoms with van der Waals surface area (Å²) in [7, 11) is -3.34. The molecule has 0 bridgehead atoms. The molecule has 5 nitrogen and oxygen atoms in total. The largest absolute Gasteiger partial charge is 0.489 e. The summed E-state index contributed by atoms with van der Waals surface area (Å²) in [6.45, 7) is 2.55. The molecule has 154 valence electrons. The summed E-state index contributed by atoms with van der Waals surface area (Å²) >= 11 is 0. The minimum Gasteiger partial charge on any atom is -0.489 e. The highest BCUT2D eigenvalue weighted by atomic mass is 32.2. The molecule has 30 heavy (non-hydrogen) atoms. The monoisotopic (exact) mass is 421 g/mol. The Morgan fingerprint density at radius 3 is 2.17 bits per heavy atom. The fourth-order valence-corrected chi connectivity index (χ4v) is 3.28. The van der Waals surface area contributed by atoms with Gasteiger partial charge in [-0.05, 0) is 60.5 Å². The van der Waals surface area contributed by atoms with Crippen LogP contribution in [0.5, 0.6) is 5.75 Å². The molecule has 3 rings (SSSR count). The van der Waals surface area contributed by atoms with Crippen LogP contribution in [-0.2, 0) is 16.6 Å². The number of hydrogen-bond acceptors (Lipinski definition) is 4. The van der Waals surface area contributed by atoms with Gasteiger partial charge in [0.05, 0.1) is 6.26 Å². The summed E-state index contributed by atoms with van der Waals surface area (Å²) in [5, 5.41) is 0. The summed E-state index contributed by atoms with van der Waals surface area (Å²) in [6, 6.07) is 22.0. The van der Waals surface area contributed by atoms with Crippen LogP contribution in [0, 0.1) is 6.92 Å². The number of benzene rings is 3. The standard InChI is InChI=1S/C24H23NO4S/c1-18-3-5-20(6-4-18)17-29-23-14-7-19(8-15-23)9-16-24(26)21-10-12-22(13-11-21)25-30(2,27)28/h3-16,25H,17H2,1-2H3/b16-9+. The van der Waals surface area contributed by atoms with E-state index in [1.807, 2.05) is 43.3 Å². The molecule has 0 aliphatic carbocycles. The third-order valence-electron chi connectivity index (χ3n) is 4.31. The molecular weight excluding hydrogens is 398 g/mol. The van der Waals surface area contributed by atoms with Crippen LogP contribution in [0.15, 0.2) is 78.9 Å². The van der Waals surface area contributed by atoms with Crippen LogP contribution in [0.4, 0.5) is 5.69 Å². The van der Waals surface area contributed by atoms with Crippen molar-refractivity contribution in [3.05, 3.63) is 101 Å². The predicted octanol–water partition coefficient (Wildman–Crippen LogP) is 4.84. The summed E-state index contributed by atoms with van der Waals surface area (Å²) in [5.74, 6) is 0.591. The van der Waals surface area contributed by atoms with Gasteiger partial charge in [0.1, 0.15) is 12.4 Å². The Balaban J connectivity index is 1.56. The van der Waals surface area contributed by atoms with Crippen LogP contribution < -0.4 is 9.46 Å². The topological polar surface area (TPSA) is 72.5 Å². The number of ketones is 1. The second kappa shape index (κ2) is 9.41. The highest BCUT2D eigenvalue weighted by Gasteiger charge is 2.05. The van der Waals surface area contributed by atoms with E-state index < -0.39 is 10.0 Å². The molecule has 0 unspecified atom stereocenters. The number of carbonyl (C=O) groups is 1. The molecule has 0 fully saturated rings. The van der Waals surface area contributed by atoms with E-state index in [9.17, 15) is 13.2 Å². The molecule has 3 aromatic rings. The summed E-state index contributed by atoms with van der Waals surface area (Å²) in [6.07, 6.45) is 4.30. The van der Waals surface area contributed by atoms with Crippen molar-refractivity contribution in [1.82, 2.24) is 0 Å². The second-order valence-corrected chi connectivity index (χ2v) is 8.74. The maximum absolute atomic E-state index is 12.3. The van der Waals surface area contributed by atoms with Crippen LogP contribution in [0.2, 0.25) is 0 Å². The molecule has 0 radical (unpaired) electrons. The first kappa shape index (κ1) is 21.3. The van der Waals surface area contributed by atoms with Crippen molar-refractivity contribution >= 4 is 27.6 Å². The molecule has 3 aromatic carbocycles. The van der Waals surface area contributed by atoms with Crippen molar-refractivity contribution in [2.75, 3.05) is 11.0 Å². The number of anilines is 1. The summed E-state index contributed by atoms with van der Waals surface area (Å²) in [4.78, 5) is 12.3. The number of hydrogen-bond donors (Lipinski definition) is 1. The zero-order valence-electron chi connectivity index (χ0n) is 16.8. The number of sulfonamides is 1. The van der Waals surface area contributed by atoms with Crippen molar-refractivity contribution in [2.24, 2.45) is 0 Å². The van der Waals surface area contributed by atoms with Gasteiger partial charge in [-0.1, -0.05) is 48.0 Å². The normalized spacial score (nSPS) is 11.4. The first-order chi connectivity index (χ1) is 14.3. The number of allylic oxidation sites excluding steroid dienone is 1. The van der Waals surface area contributed by atoms with Crippen molar-refractivity contribution in [1.29, 1.82) is 0 Å². The van der Waals surface area contributed by atoms with E-state index in [0.29, 0.717) is 17.9 Å². The zero-order chi connectivity index (χ0) is 21.6. The molecular formula is C24H23NO4S. The highest BCUT2D eigenvalue weighted by Crippen LogP contribution is 2.16. The Morgan fingerprint density at radius 1 is 0.933 bits per heavy atom. The highest BCUT2D eigenvalue weighted by molar-refractivity contribution is 7.92. The van der Waals surface area contributed by atoms with Gasteiger partial charge in [0, 0.05) is 11.3 Å². The average Bonchev–Trinajstić information content (AvgIpc) is 2.72. The van der Waals surface area contributed by atoms with Crippen molar-refractivity contribution < 1.29 is 17.9 Å². The van der Waals surface area contributed by atoms with Gasteiger partial charge in [0.15, 0.2) is 5.78 Å². The zero-order valence-corrected chi connectivity index (χ0v) is 17.6. The number of aryl methyl sites for hydroxylation is 1. The van der Waals surface area contributed by atoms with E-state index in [1.165, 1.54) is 11.6 Å². The summed E-state index contributed by atoms with van der Waals surface area (Å²) < 4.78 is 30.6. The van der Waals surface area contributed by atoms with Gasteiger partial charge in [-0.15, -0.1) is 0 Å². The SMILES string of the molecule is Cc1ccc(COc2ccc(/C=C/C(=O)c3ccc(NS(C)(=O)=O)cc3)cc2)cc1. The fourth-order valence-electron chi connectivity index (χ4n) is 2.71. The lowest BCUT2D eigenvalue weighted by atomic mass is 10.1. The van der Waals surface area contributed by atoms with E-state index in [4.69, 9.17) is 4.74 Å². The van der Waals surface area contributed by atoms with Crippen LogP contribution in [0.3, 0.4) is 0 Å². The number of nitrogens with one attached hydrogen (secondary N) is 1. The minimum absolute atomic E-state index is 0.166. The van der Waals surface area contributed by atoms with E-state index >= 15 is 0 Å². The number of ether oxygens (including phenoxy) is 1. The average molecular weight is 422 g/mol. The number of rotatable bonds is 8. The Hall–Kier alpha value is -3.38. The fraction of sp³-hybridized carbons (Fsp3) is 0.125. The Labute approximate surface area is 177 Å². The number of carbonyl (C=O) groups excluding carboxylic acids is 1. The van der Waals surface area contributed by atoms with Crippen LogP contribution >= 0.6 is 0 Å². The molecule has 0 saturated carbocycles. The van der Waals surface area contributed by atoms with Crippen molar-refractivity contribution in [3.8, 4) is 5.75 Å². The maximum Gasteiger partial charge on any atom is 0.229 e. The van der Waals surface area contributed by atoms with Gasteiger partial charge in [-0.25, -0.2) is 8.42 Å². The molecule has 0 amide bonds. The first-order valence-corrected chi connectivity index (χ1v) is 11.3. The van der Waals surface area contributed by atoms with Gasteiger partial charge in [0.2, 0.25) is 10.0 Å². The predicted molar refractivity (Wildman–Crippen MR) is 120 cm³/mol. The maximum atomic E-state index is 12.3. The van der Waals surface area contributed by atoms with Gasteiger partial charge in [-0.2, -0.15) is 0 Å². The smallest absolute Gasteiger partial charge is 0.229 e. The molecule has 1 N–H and O–H groups in total. The van der Waals surface area contributed by atoms with Gasteiger partial charge >= 0.3 is 0 Å². The van der Waals surface area contributed by atoms with Gasteiger partial charge < -0.3 is 4.74 Å². The van der Waals surface area contributed by atoms with E-state index in [-0.39, 0.29) is 5.78 Å². The third kappa shape index (κ3) is 6.60. The van der Waals surface area contributed by atoms with Gasteiger partial charge in [-0.3, -0.25) is 9.52 Å². The molecule has 0 aromatic heterocycles. The lowest BCUT2D eigenvalue weighted by molar-refractivity contribution is 0.104. The minimum atomic E-state index is -3.34. The second-order valence-electron chi connectivity index (χ2n) is 6.99. The van der Waals surface area contributed by atoms with E-state index in [0.717, 1.165) is 23.1 Å². The Bertz CT molecular complexity index is 1130. The molecule has 6 heteroatoms.